The second-order valence-corrected chi connectivity index (χ2v) is 22.6. The third kappa shape index (κ3) is 17.7. The molecule has 0 aromatic carbocycles. The summed E-state index contributed by atoms with van der Waals surface area (Å²) in [5.41, 5.74) is 0. The fraction of sp³-hybridized carbons (Fsp3) is 0.879. The number of hydrogen-bond donors (Lipinski definition) is 4. The van der Waals surface area contributed by atoms with Crippen molar-refractivity contribution in [2.45, 2.75) is 157 Å². The van der Waals surface area contributed by atoms with Crippen LogP contribution >= 0.6 is 0 Å². The molecule has 0 fully saturated rings. The Morgan fingerprint density at radius 2 is 0.547 bits per heavy atom. The molecule has 0 aliphatic carbocycles. The predicted octanol–water partition coefficient (Wildman–Crippen LogP) is 4.38. The van der Waals surface area contributed by atoms with Crippen molar-refractivity contribution in [1.29, 1.82) is 21.0 Å². The van der Waals surface area contributed by atoms with Gasteiger partial charge < -0.3 is 0 Å². The average Bonchev–Trinajstić information content (AvgIpc) is 3.09. The Morgan fingerprint density at radius 1 is 0.358 bits per heavy atom. The quantitative estimate of drug-likeness (QED) is 0.0658. The van der Waals surface area contributed by atoms with Crippen molar-refractivity contribution in [3.63, 3.8) is 0 Å². The van der Waals surface area contributed by atoms with Crippen LogP contribution in [0.15, 0.2) is 0 Å². The van der Waals surface area contributed by atoms with E-state index < -0.39 is 54.7 Å². The highest BCUT2D eigenvalue weighted by molar-refractivity contribution is 8.10. The third-order valence-corrected chi connectivity index (χ3v) is 19.0. The number of nitrogens with zero attached hydrogens (tertiary/aromatic N) is 4. The summed E-state index contributed by atoms with van der Waals surface area (Å²) in [5, 5.41) is 35.0. The van der Waals surface area contributed by atoms with Crippen molar-refractivity contribution in [2.24, 2.45) is 0 Å². The fourth-order valence-electron chi connectivity index (χ4n) is 5.42. The van der Waals surface area contributed by atoms with E-state index in [-0.39, 0.29) is 51.9 Å². The lowest BCUT2D eigenvalue weighted by Gasteiger charge is -2.37. The highest BCUT2D eigenvalue weighted by Gasteiger charge is 2.62. The molecule has 4 N–H and O–H groups in total. The van der Waals surface area contributed by atoms with Crippen LogP contribution in [0.4, 0.5) is 0 Å². The minimum absolute atomic E-state index is 0.205. The highest BCUT2D eigenvalue weighted by atomic mass is 32.3. The van der Waals surface area contributed by atoms with E-state index in [0.29, 0.717) is 103 Å². The topological polar surface area (TPSA) is 280 Å². The molecule has 0 radical (unpaired) electrons. The van der Waals surface area contributed by atoms with Crippen LogP contribution in [0.1, 0.15) is 149 Å². The molecule has 0 amide bonds. The molecule has 0 bridgehead atoms. The van der Waals surface area contributed by atoms with Gasteiger partial charge in [-0.25, -0.2) is 52.6 Å². The van der Waals surface area contributed by atoms with E-state index in [1.54, 1.807) is 0 Å². The van der Waals surface area contributed by atoms with Gasteiger partial charge in [0.25, 0.3) is 0 Å². The maximum absolute atomic E-state index is 14.1. The van der Waals surface area contributed by atoms with E-state index >= 15 is 0 Å². The van der Waals surface area contributed by atoms with E-state index in [0.717, 1.165) is 13.8 Å². The zero-order chi connectivity index (χ0) is 40.3. The van der Waals surface area contributed by atoms with Crippen molar-refractivity contribution in [2.75, 3.05) is 26.2 Å². The summed E-state index contributed by atoms with van der Waals surface area (Å²) in [6.45, 7) is 0.801. The molecule has 0 aromatic heterocycles. The van der Waals surface area contributed by atoms with Gasteiger partial charge in [0.1, 0.15) is 0 Å². The maximum Gasteiger partial charge on any atom is 0.233 e. The fourth-order valence-corrected chi connectivity index (χ4v) is 13.6. The third-order valence-electron chi connectivity index (χ3n) is 8.95. The minimum atomic E-state index is -4.99. The number of unbranched alkanes of at least 4 members (excludes halogenated alkanes) is 16. The Hall–Kier alpha value is -2.40. The molecule has 53 heavy (non-hydrogen) atoms. The minimum Gasteiger partial charge on any atom is -0.214 e. The maximum atomic E-state index is 14.1. The summed E-state index contributed by atoms with van der Waals surface area (Å²) in [4.78, 5) is 0. The van der Waals surface area contributed by atoms with Crippen LogP contribution in [0.5, 0.6) is 0 Å². The summed E-state index contributed by atoms with van der Waals surface area (Å²) < 4.78 is 116. The average molecular weight is 825 g/mol. The molecule has 20 heteroatoms. The first kappa shape index (κ1) is 50.6. The SMILES string of the molecule is CC(CC(C)(S(=O)(=O)NCCCCCCC#N)S(=O)(=O)NCCCCCCC#N)(S(=O)(=O)NCCCCCCC#N)S(=O)(=O)NCCCCCCC#N. The Kier molecular flexibility index (Phi) is 25.2. The molecule has 304 valence electrons. The molecule has 0 aliphatic heterocycles. The Morgan fingerprint density at radius 3 is 0.736 bits per heavy atom. The van der Waals surface area contributed by atoms with Gasteiger partial charge in [-0.1, -0.05) is 51.4 Å². The molecule has 0 saturated heterocycles. The van der Waals surface area contributed by atoms with E-state index in [1.165, 1.54) is 0 Å². The zero-order valence-electron chi connectivity index (χ0n) is 31.4. The Bertz CT molecular complexity index is 1440. The molecular weight excluding hydrogens is 765 g/mol. The zero-order valence-corrected chi connectivity index (χ0v) is 34.6. The molecule has 0 rings (SSSR count). The largest absolute Gasteiger partial charge is 0.233 e. The standard InChI is InChI=1S/C33H60N8O8S4/c1-32(50(42,43)38-27-19-11-3-7-15-23-34,51(44,45)39-28-20-12-4-8-16-24-35)31-33(2,52(46,47)40-29-21-13-5-9-17-25-36)53(48,49)41-30-22-14-6-10-18-26-37/h38-41H,3-22,27-31H2,1-2H3. The monoisotopic (exact) mass is 824 g/mol. The van der Waals surface area contributed by atoms with Crippen molar-refractivity contribution < 1.29 is 33.7 Å². The summed E-state index contributed by atoms with van der Waals surface area (Å²) in [6, 6.07) is 8.09. The molecule has 0 aromatic rings. The molecule has 0 atom stereocenters. The molecule has 0 unspecified atom stereocenters. The van der Waals surface area contributed by atoms with Gasteiger partial charge in [-0.05, 0) is 65.2 Å². The summed E-state index contributed by atoms with van der Waals surface area (Å²) in [6.07, 6.45) is 8.12. The first-order chi connectivity index (χ1) is 24.9. The van der Waals surface area contributed by atoms with Gasteiger partial charge in [-0.15, -0.1) is 0 Å². The first-order valence-electron chi connectivity index (χ1n) is 18.4. The van der Waals surface area contributed by atoms with Crippen LogP contribution in [0.25, 0.3) is 0 Å². The molecule has 16 nitrogen and oxygen atoms in total. The Labute approximate surface area is 319 Å². The normalized spacial score (nSPS) is 12.8. The van der Waals surface area contributed by atoms with Crippen LogP contribution < -0.4 is 18.9 Å². The van der Waals surface area contributed by atoms with Gasteiger partial charge in [0.2, 0.25) is 48.3 Å². The lowest BCUT2D eigenvalue weighted by atomic mass is 10.1. The number of nitriles is 4. The van der Waals surface area contributed by atoms with Crippen LogP contribution in [0, 0.1) is 45.3 Å². The summed E-state index contributed by atoms with van der Waals surface area (Å²) >= 11 is 0. The molecule has 0 heterocycles. The predicted molar refractivity (Wildman–Crippen MR) is 204 cm³/mol. The van der Waals surface area contributed by atoms with Gasteiger partial charge in [0.15, 0.2) is 0 Å². The van der Waals surface area contributed by atoms with Crippen molar-refractivity contribution >= 4 is 40.1 Å². The van der Waals surface area contributed by atoms with Gasteiger partial charge in [0, 0.05) is 58.3 Å². The lowest BCUT2D eigenvalue weighted by molar-refractivity contribution is 0.481. The summed E-state index contributed by atoms with van der Waals surface area (Å²) in [7, 11) is -19.9. The van der Waals surface area contributed by atoms with E-state index in [9.17, 15) is 33.7 Å². The number of nitrogens with one attached hydrogen (secondary N) is 4. The molecular formula is C33H60N8O8S4. The van der Waals surface area contributed by atoms with E-state index in [4.69, 9.17) is 21.0 Å². The van der Waals surface area contributed by atoms with Gasteiger partial charge >= 0.3 is 0 Å². The van der Waals surface area contributed by atoms with Crippen molar-refractivity contribution in [1.82, 2.24) is 18.9 Å². The second kappa shape index (κ2) is 26.4. The van der Waals surface area contributed by atoms with Crippen LogP contribution in [-0.4, -0.2) is 68.0 Å². The first-order valence-corrected chi connectivity index (χ1v) is 24.3. The molecule has 0 spiro atoms. The van der Waals surface area contributed by atoms with Crippen LogP contribution in [0.3, 0.4) is 0 Å². The van der Waals surface area contributed by atoms with Crippen molar-refractivity contribution in [3.8, 4) is 24.3 Å². The second-order valence-electron chi connectivity index (χ2n) is 13.3. The lowest BCUT2D eigenvalue weighted by Crippen LogP contribution is -2.63. The number of rotatable bonds is 34. The van der Waals surface area contributed by atoms with Crippen molar-refractivity contribution in [3.05, 3.63) is 0 Å². The van der Waals surface area contributed by atoms with E-state index in [1.807, 2.05) is 24.3 Å². The summed E-state index contributed by atoms with van der Waals surface area (Å²) in [5.74, 6) is 0. The molecule has 0 saturated carbocycles. The number of sulfonamides is 4. The van der Waals surface area contributed by atoms with Crippen LogP contribution in [-0.2, 0) is 40.1 Å². The number of hydrogen-bond acceptors (Lipinski definition) is 12. The Balaban J connectivity index is 6.69. The van der Waals surface area contributed by atoms with E-state index in [2.05, 4.69) is 18.9 Å². The smallest absolute Gasteiger partial charge is 0.214 e. The van der Waals surface area contributed by atoms with Gasteiger partial charge in [0.05, 0.1) is 24.3 Å². The highest BCUT2D eigenvalue weighted by Crippen LogP contribution is 2.39. The van der Waals surface area contributed by atoms with Crippen LogP contribution in [0.2, 0.25) is 0 Å². The van der Waals surface area contributed by atoms with Gasteiger partial charge in [-0.3, -0.25) is 0 Å². The van der Waals surface area contributed by atoms with Gasteiger partial charge in [-0.2, -0.15) is 21.0 Å². The molecule has 0 aliphatic rings.